The predicted octanol–water partition coefficient (Wildman–Crippen LogP) is 4.27. The molecule has 0 spiro atoms. The number of carbonyl (C=O) groups excluding carboxylic acids is 1. The number of ether oxygens (including phenoxy) is 1. The van der Waals surface area contributed by atoms with Gasteiger partial charge < -0.3 is 4.74 Å². The molecule has 0 unspecified atom stereocenters. The Hall–Kier alpha value is -1.92. The van der Waals surface area contributed by atoms with Gasteiger partial charge in [0.1, 0.15) is 0 Å². The van der Waals surface area contributed by atoms with Gasteiger partial charge in [-0.3, -0.25) is 14.9 Å². The number of ketones is 1. The molecular weight excluding hydrogens is 362 g/mol. The van der Waals surface area contributed by atoms with Crippen molar-refractivity contribution in [3.63, 3.8) is 0 Å². The van der Waals surface area contributed by atoms with Crippen molar-refractivity contribution in [2.45, 2.75) is 0 Å². The fourth-order valence-electron chi connectivity index (χ4n) is 1.64. The lowest BCUT2D eigenvalue weighted by Crippen LogP contribution is -2.12. The van der Waals surface area contributed by atoms with Crippen molar-refractivity contribution < 1.29 is 14.5 Å². The van der Waals surface area contributed by atoms with E-state index in [0.717, 1.165) is 0 Å². The predicted molar refractivity (Wildman–Crippen MR) is 82.1 cm³/mol. The highest BCUT2D eigenvalue weighted by molar-refractivity contribution is 9.10. The van der Waals surface area contributed by atoms with Crippen LogP contribution in [0, 0.1) is 10.1 Å². The van der Waals surface area contributed by atoms with Crippen molar-refractivity contribution >= 4 is 39.0 Å². The van der Waals surface area contributed by atoms with Gasteiger partial charge in [0.15, 0.2) is 18.1 Å². The molecule has 0 bridgehead atoms. The van der Waals surface area contributed by atoms with Gasteiger partial charge in [-0.25, -0.2) is 0 Å². The molecule has 0 heterocycles. The highest BCUT2D eigenvalue weighted by Gasteiger charge is 2.17. The van der Waals surface area contributed by atoms with Crippen molar-refractivity contribution in [2.75, 3.05) is 6.61 Å². The number of nitro groups is 1. The molecule has 0 amide bonds. The summed E-state index contributed by atoms with van der Waals surface area (Å²) in [4.78, 5) is 22.3. The topological polar surface area (TPSA) is 69.4 Å². The van der Waals surface area contributed by atoms with Crippen molar-refractivity contribution in [1.82, 2.24) is 0 Å². The highest BCUT2D eigenvalue weighted by Crippen LogP contribution is 2.30. The number of nitrogens with zero attached hydrogens (tertiary/aromatic N) is 1. The first-order valence-corrected chi connectivity index (χ1v) is 7.00. The molecule has 0 radical (unpaired) electrons. The Bertz CT molecular complexity index is 705. The third kappa shape index (κ3) is 4.03. The summed E-state index contributed by atoms with van der Waals surface area (Å²) in [5.41, 5.74) is 0.186. The molecular formula is C14H9BrClNO4. The maximum absolute atomic E-state index is 12.0. The first-order chi connectivity index (χ1) is 9.97. The molecule has 21 heavy (non-hydrogen) atoms. The number of nitro benzene ring substituents is 1. The Morgan fingerprint density at radius 2 is 2.05 bits per heavy atom. The van der Waals surface area contributed by atoms with Gasteiger partial charge in [0, 0.05) is 21.1 Å². The molecule has 0 aliphatic carbocycles. The van der Waals surface area contributed by atoms with Gasteiger partial charge in [-0.15, -0.1) is 0 Å². The number of hydrogen-bond donors (Lipinski definition) is 0. The van der Waals surface area contributed by atoms with Crippen LogP contribution >= 0.6 is 27.5 Å². The largest absolute Gasteiger partial charge is 0.478 e. The van der Waals surface area contributed by atoms with E-state index < -0.39 is 4.92 Å². The van der Waals surface area contributed by atoms with Gasteiger partial charge in [-0.2, -0.15) is 0 Å². The van der Waals surface area contributed by atoms with E-state index in [4.69, 9.17) is 16.3 Å². The summed E-state index contributed by atoms with van der Waals surface area (Å²) in [7, 11) is 0. The van der Waals surface area contributed by atoms with Crippen LogP contribution in [0.1, 0.15) is 10.4 Å². The lowest BCUT2D eigenvalue weighted by Gasteiger charge is -2.06. The van der Waals surface area contributed by atoms with Crippen molar-refractivity contribution in [3.8, 4) is 5.75 Å². The summed E-state index contributed by atoms with van der Waals surface area (Å²) in [6, 6.07) is 10.8. The normalized spacial score (nSPS) is 10.2. The average Bonchev–Trinajstić information content (AvgIpc) is 2.45. The molecule has 0 aliphatic heterocycles. The number of carbonyl (C=O) groups is 1. The SMILES string of the molecule is O=C(COc1ccc(Br)cc1[N+](=O)[O-])c1cccc(Cl)c1. The second kappa shape index (κ2) is 6.69. The van der Waals surface area contributed by atoms with E-state index in [9.17, 15) is 14.9 Å². The number of hydrogen-bond acceptors (Lipinski definition) is 4. The lowest BCUT2D eigenvalue weighted by atomic mass is 10.1. The van der Waals surface area contributed by atoms with Crippen LogP contribution in [0.25, 0.3) is 0 Å². The summed E-state index contributed by atoms with van der Waals surface area (Å²) in [6.07, 6.45) is 0. The van der Waals surface area contributed by atoms with Gasteiger partial charge in [0.25, 0.3) is 0 Å². The van der Waals surface area contributed by atoms with E-state index >= 15 is 0 Å². The quantitative estimate of drug-likeness (QED) is 0.448. The van der Waals surface area contributed by atoms with Gasteiger partial charge in [0.2, 0.25) is 0 Å². The molecule has 0 aliphatic rings. The fraction of sp³-hybridized carbons (Fsp3) is 0.0714. The number of rotatable bonds is 5. The molecule has 2 rings (SSSR count). The van der Waals surface area contributed by atoms with E-state index in [0.29, 0.717) is 15.1 Å². The minimum Gasteiger partial charge on any atom is -0.478 e. The Morgan fingerprint density at radius 3 is 2.71 bits per heavy atom. The molecule has 0 saturated heterocycles. The molecule has 0 aromatic heterocycles. The third-order valence-corrected chi connectivity index (χ3v) is 3.35. The zero-order valence-corrected chi connectivity index (χ0v) is 12.9. The molecule has 2 aromatic rings. The van der Waals surface area contributed by atoms with Gasteiger partial charge in [0.05, 0.1) is 4.92 Å². The molecule has 7 heteroatoms. The second-order valence-corrected chi connectivity index (χ2v) is 5.44. The monoisotopic (exact) mass is 369 g/mol. The molecule has 5 nitrogen and oxygen atoms in total. The lowest BCUT2D eigenvalue weighted by molar-refractivity contribution is -0.385. The summed E-state index contributed by atoms with van der Waals surface area (Å²) in [5.74, 6) is -0.270. The Labute approximate surface area is 133 Å². The van der Waals surface area contributed by atoms with Crippen LogP contribution in [0.5, 0.6) is 5.75 Å². The zero-order valence-electron chi connectivity index (χ0n) is 10.6. The summed E-state index contributed by atoms with van der Waals surface area (Å²) >= 11 is 8.95. The smallest absolute Gasteiger partial charge is 0.312 e. The third-order valence-electron chi connectivity index (χ3n) is 2.62. The van der Waals surface area contributed by atoms with E-state index in [1.54, 1.807) is 24.3 Å². The van der Waals surface area contributed by atoms with Crippen LogP contribution in [0.15, 0.2) is 46.9 Å². The minimum absolute atomic E-state index is 0.0404. The number of halogens is 2. The summed E-state index contributed by atoms with van der Waals surface area (Å²) in [5, 5.41) is 11.4. The molecule has 0 saturated carbocycles. The maximum Gasteiger partial charge on any atom is 0.312 e. The van der Waals surface area contributed by atoms with Crippen molar-refractivity contribution in [3.05, 3.63) is 67.6 Å². The van der Waals surface area contributed by atoms with E-state index in [1.165, 1.54) is 18.2 Å². The van der Waals surface area contributed by atoms with E-state index in [1.807, 2.05) is 0 Å². The van der Waals surface area contributed by atoms with Gasteiger partial charge in [-0.1, -0.05) is 39.7 Å². The van der Waals surface area contributed by atoms with Crippen LogP contribution in [0.2, 0.25) is 5.02 Å². The number of Topliss-reactive ketones (excluding diaryl/α,β-unsaturated/α-hetero) is 1. The van der Waals surface area contributed by atoms with Crippen LogP contribution in [0.3, 0.4) is 0 Å². The molecule has 108 valence electrons. The molecule has 2 aromatic carbocycles. The Balaban J connectivity index is 2.13. The molecule has 0 N–H and O–H groups in total. The van der Waals surface area contributed by atoms with Crippen LogP contribution in [0.4, 0.5) is 5.69 Å². The van der Waals surface area contributed by atoms with Crippen molar-refractivity contribution in [1.29, 1.82) is 0 Å². The zero-order chi connectivity index (χ0) is 15.4. The van der Waals surface area contributed by atoms with E-state index in [2.05, 4.69) is 15.9 Å². The van der Waals surface area contributed by atoms with E-state index in [-0.39, 0.29) is 23.8 Å². The van der Waals surface area contributed by atoms with Gasteiger partial charge in [-0.05, 0) is 24.3 Å². The van der Waals surface area contributed by atoms with Crippen molar-refractivity contribution in [2.24, 2.45) is 0 Å². The summed E-state index contributed by atoms with van der Waals surface area (Å²) < 4.78 is 5.81. The molecule has 0 fully saturated rings. The Morgan fingerprint density at radius 1 is 1.29 bits per heavy atom. The first-order valence-electron chi connectivity index (χ1n) is 5.83. The van der Waals surface area contributed by atoms with Crippen LogP contribution in [-0.4, -0.2) is 17.3 Å². The maximum atomic E-state index is 12.0. The minimum atomic E-state index is -0.566. The first kappa shape index (κ1) is 15.5. The highest BCUT2D eigenvalue weighted by atomic mass is 79.9. The summed E-state index contributed by atoms with van der Waals surface area (Å²) in [6.45, 7) is -0.303. The standard InChI is InChI=1S/C14H9BrClNO4/c15-10-4-5-14(12(7-10)17(19)20)21-8-13(18)9-2-1-3-11(16)6-9/h1-7H,8H2. The van der Waals surface area contributed by atoms with Crippen LogP contribution in [-0.2, 0) is 0 Å². The Kier molecular flexibility index (Phi) is 4.93. The van der Waals surface area contributed by atoms with Crippen LogP contribution < -0.4 is 4.74 Å². The fourth-order valence-corrected chi connectivity index (χ4v) is 2.18. The second-order valence-electron chi connectivity index (χ2n) is 4.09. The number of benzene rings is 2. The average molecular weight is 371 g/mol. The molecule has 0 atom stereocenters. The van der Waals surface area contributed by atoms with Gasteiger partial charge >= 0.3 is 5.69 Å².